The zero-order chi connectivity index (χ0) is 21.1. The number of carbonyl (C=O) groups is 1. The Kier molecular flexibility index (Phi) is 6.63. The fourth-order valence-corrected chi connectivity index (χ4v) is 4.30. The Morgan fingerprint density at radius 1 is 1.18 bits per heavy atom. The molecule has 8 nitrogen and oxygen atoms in total. The highest BCUT2D eigenvalue weighted by Gasteiger charge is 2.30. The molecular formula is C18H19ClN2O6S. The van der Waals surface area contributed by atoms with E-state index in [-0.39, 0.29) is 22.9 Å². The van der Waals surface area contributed by atoms with Gasteiger partial charge in [-0.3, -0.25) is 19.2 Å². The van der Waals surface area contributed by atoms with Gasteiger partial charge in [-0.2, -0.15) is 0 Å². The highest BCUT2D eigenvalue weighted by Crippen LogP contribution is 2.30. The van der Waals surface area contributed by atoms with Gasteiger partial charge in [0.1, 0.15) is 6.54 Å². The van der Waals surface area contributed by atoms with E-state index in [4.69, 9.17) is 16.3 Å². The number of aryl methyl sites for hydroxylation is 2. The van der Waals surface area contributed by atoms with Crippen LogP contribution in [0.15, 0.2) is 41.3 Å². The summed E-state index contributed by atoms with van der Waals surface area (Å²) in [6.07, 6.45) is 0. The molecule has 28 heavy (non-hydrogen) atoms. The van der Waals surface area contributed by atoms with E-state index in [0.717, 1.165) is 15.9 Å². The number of carbonyl (C=O) groups excluding carboxylic acids is 1. The molecule has 10 heteroatoms. The standard InChI is InChI=1S/C18H19ClN2O6S/c1-4-27-18(22)11-20(14-7-5-12(2)16(19)9-14)28(25,26)17-10-15(21(23)24)8-6-13(17)3/h5-10H,4,11H2,1-3H3. The van der Waals surface area contributed by atoms with Gasteiger partial charge in [-0.25, -0.2) is 8.42 Å². The average molecular weight is 427 g/mol. The van der Waals surface area contributed by atoms with Gasteiger partial charge in [0.2, 0.25) is 0 Å². The van der Waals surface area contributed by atoms with Gasteiger partial charge in [0.25, 0.3) is 15.7 Å². The van der Waals surface area contributed by atoms with Gasteiger partial charge in [-0.15, -0.1) is 0 Å². The second kappa shape index (κ2) is 8.57. The van der Waals surface area contributed by atoms with E-state index < -0.39 is 27.5 Å². The Bertz CT molecular complexity index is 1020. The maximum atomic E-state index is 13.3. The molecule has 2 rings (SSSR count). The number of benzene rings is 2. The summed E-state index contributed by atoms with van der Waals surface area (Å²) in [6.45, 7) is 4.35. The van der Waals surface area contributed by atoms with Crippen LogP contribution in [0.2, 0.25) is 5.02 Å². The smallest absolute Gasteiger partial charge is 0.326 e. The summed E-state index contributed by atoms with van der Waals surface area (Å²) in [7, 11) is -4.31. The van der Waals surface area contributed by atoms with Crippen molar-refractivity contribution >= 4 is 39.0 Å². The zero-order valence-electron chi connectivity index (χ0n) is 15.5. The lowest BCUT2D eigenvalue weighted by Crippen LogP contribution is -2.37. The van der Waals surface area contributed by atoms with Crippen LogP contribution in [0.25, 0.3) is 0 Å². The predicted octanol–water partition coefficient (Wildman–Crippen LogP) is 3.62. The molecule has 0 aliphatic rings. The Morgan fingerprint density at radius 3 is 2.39 bits per heavy atom. The molecule has 0 unspecified atom stereocenters. The summed E-state index contributed by atoms with van der Waals surface area (Å²) in [5.74, 6) is -0.758. The minimum Gasteiger partial charge on any atom is -0.465 e. The molecule has 0 bridgehead atoms. The summed E-state index contributed by atoms with van der Waals surface area (Å²) in [5.41, 5.74) is 0.805. The van der Waals surface area contributed by atoms with E-state index in [1.807, 2.05) is 0 Å². The summed E-state index contributed by atoms with van der Waals surface area (Å²) in [4.78, 5) is 22.2. The van der Waals surface area contributed by atoms with Crippen molar-refractivity contribution in [2.24, 2.45) is 0 Å². The quantitative estimate of drug-likeness (QED) is 0.380. The van der Waals surface area contributed by atoms with E-state index in [2.05, 4.69) is 0 Å². The number of esters is 1. The van der Waals surface area contributed by atoms with Crippen molar-refractivity contribution in [2.45, 2.75) is 25.7 Å². The Labute approximate surface area is 167 Å². The first-order valence-corrected chi connectivity index (χ1v) is 10.1. The van der Waals surface area contributed by atoms with Crippen LogP contribution < -0.4 is 4.31 Å². The van der Waals surface area contributed by atoms with Gasteiger partial charge < -0.3 is 4.74 Å². The SMILES string of the molecule is CCOC(=O)CN(c1ccc(C)c(Cl)c1)S(=O)(=O)c1cc([N+](=O)[O-])ccc1C. The fourth-order valence-electron chi connectivity index (χ4n) is 2.47. The molecule has 0 saturated heterocycles. The molecule has 150 valence electrons. The summed E-state index contributed by atoms with van der Waals surface area (Å²) < 4.78 is 32.4. The molecule has 0 heterocycles. The van der Waals surface area contributed by atoms with E-state index in [9.17, 15) is 23.3 Å². The van der Waals surface area contributed by atoms with Crippen molar-refractivity contribution in [3.8, 4) is 0 Å². The fraction of sp³-hybridized carbons (Fsp3) is 0.278. The largest absolute Gasteiger partial charge is 0.465 e. The first-order chi connectivity index (χ1) is 13.1. The van der Waals surface area contributed by atoms with E-state index in [1.54, 1.807) is 19.9 Å². The van der Waals surface area contributed by atoms with Crippen LogP contribution in [0.5, 0.6) is 0 Å². The second-order valence-corrected chi connectivity index (χ2v) is 8.20. The second-order valence-electron chi connectivity index (χ2n) is 5.96. The Hall–Kier alpha value is -2.65. The lowest BCUT2D eigenvalue weighted by Gasteiger charge is -2.24. The molecule has 2 aromatic rings. The molecule has 0 N–H and O–H groups in total. The number of rotatable bonds is 7. The van der Waals surface area contributed by atoms with Crippen LogP contribution in [0.3, 0.4) is 0 Å². The maximum Gasteiger partial charge on any atom is 0.326 e. The van der Waals surface area contributed by atoms with Gasteiger partial charge in [-0.1, -0.05) is 23.7 Å². The van der Waals surface area contributed by atoms with Crippen molar-refractivity contribution in [3.63, 3.8) is 0 Å². The number of nitro benzene ring substituents is 1. The Morgan fingerprint density at radius 2 is 1.82 bits per heavy atom. The minimum atomic E-state index is -4.31. The van der Waals surface area contributed by atoms with Gasteiger partial charge in [0, 0.05) is 17.2 Å². The van der Waals surface area contributed by atoms with Crippen LogP contribution in [0, 0.1) is 24.0 Å². The number of halogens is 1. The van der Waals surface area contributed by atoms with Crippen molar-refractivity contribution in [1.29, 1.82) is 0 Å². The number of nitrogens with zero attached hydrogens (tertiary/aromatic N) is 2. The molecule has 0 saturated carbocycles. The number of sulfonamides is 1. The number of hydrogen-bond acceptors (Lipinski definition) is 6. The molecule has 2 aromatic carbocycles. The first-order valence-electron chi connectivity index (χ1n) is 8.27. The number of nitro groups is 1. The highest BCUT2D eigenvalue weighted by atomic mass is 35.5. The van der Waals surface area contributed by atoms with Gasteiger partial charge in [0.15, 0.2) is 0 Å². The third-order valence-electron chi connectivity index (χ3n) is 3.97. The third-order valence-corrected chi connectivity index (χ3v) is 6.30. The van der Waals surface area contributed by atoms with E-state index >= 15 is 0 Å². The van der Waals surface area contributed by atoms with Crippen molar-refractivity contribution in [1.82, 2.24) is 0 Å². The van der Waals surface area contributed by atoms with E-state index in [1.165, 1.54) is 31.2 Å². The average Bonchev–Trinajstić information content (AvgIpc) is 2.62. The molecule has 0 aliphatic carbocycles. The van der Waals surface area contributed by atoms with Crippen LogP contribution in [0.1, 0.15) is 18.1 Å². The molecule has 0 spiro atoms. The number of hydrogen-bond donors (Lipinski definition) is 0. The summed E-state index contributed by atoms with van der Waals surface area (Å²) in [5, 5.41) is 11.4. The molecular weight excluding hydrogens is 408 g/mol. The summed E-state index contributed by atoms with van der Waals surface area (Å²) >= 11 is 6.12. The number of anilines is 1. The molecule has 0 atom stereocenters. The molecule has 0 amide bonds. The van der Waals surface area contributed by atoms with E-state index in [0.29, 0.717) is 10.6 Å². The normalized spacial score (nSPS) is 11.1. The highest BCUT2D eigenvalue weighted by molar-refractivity contribution is 7.93. The van der Waals surface area contributed by atoms with Crippen LogP contribution >= 0.6 is 11.6 Å². The van der Waals surface area contributed by atoms with Gasteiger partial charge in [-0.05, 0) is 44.0 Å². The molecule has 0 radical (unpaired) electrons. The third kappa shape index (κ3) is 4.60. The van der Waals surface area contributed by atoms with Crippen LogP contribution in [0.4, 0.5) is 11.4 Å². The predicted molar refractivity (Wildman–Crippen MR) is 105 cm³/mol. The van der Waals surface area contributed by atoms with Gasteiger partial charge in [0.05, 0.1) is 22.1 Å². The Balaban J connectivity index is 2.64. The zero-order valence-corrected chi connectivity index (χ0v) is 17.1. The first kappa shape index (κ1) is 21.6. The van der Waals surface area contributed by atoms with Crippen LogP contribution in [-0.2, 0) is 19.6 Å². The monoisotopic (exact) mass is 426 g/mol. The lowest BCUT2D eigenvalue weighted by molar-refractivity contribution is -0.385. The topological polar surface area (TPSA) is 107 Å². The molecule has 0 aromatic heterocycles. The molecule has 0 aliphatic heterocycles. The minimum absolute atomic E-state index is 0.0806. The van der Waals surface area contributed by atoms with Crippen molar-refractivity contribution in [2.75, 3.05) is 17.5 Å². The maximum absolute atomic E-state index is 13.3. The number of ether oxygens (including phenoxy) is 1. The lowest BCUT2D eigenvalue weighted by atomic mass is 10.2. The van der Waals surface area contributed by atoms with Crippen molar-refractivity contribution < 1.29 is 22.9 Å². The number of non-ortho nitro benzene ring substituents is 1. The van der Waals surface area contributed by atoms with Crippen molar-refractivity contribution in [3.05, 3.63) is 62.7 Å². The summed E-state index contributed by atoms with van der Waals surface area (Å²) in [6, 6.07) is 8.07. The van der Waals surface area contributed by atoms with Crippen LogP contribution in [-0.4, -0.2) is 32.5 Å². The molecule has 0 fully saturated rings. The van der Waals surface area contributed by atoms with Gasteiger partial charge >= 0.3 is 5.97 Å².